The van der Waals surface area contributed by atoms with E-state index in [4.69, 9.17) is 21.1 Å². The van der Waals surface area contributed by atoms with Gasteiger partial charge < -0.3 is 14.4 Å². The Labute approximate surface area is 194 Å². The van der Waals surface area contributed by atoms with Gasteiger partial charge in [0.05, 0.1) is 17.7 Å². The average molecular weight is 481 g/mol. The number of aryl methyl sites for hydroxylation is 2. The van der Waals surface area contributed by atoms with Crippen LogP contribution in [-0.4, -0.2) is 58.7 Å². The Kier molecular flexibility index (Phi) is 8.16. The Hall–Kier alpha value is -2.13. The van der Waals surface area contributed by atoms with Gasteiger partial charge in [0.25, 0.3) is 5.91 Å². The first-order chi connectivity index (χ1) is 15.2. The third-order valence-electron chi connectivity index (χ3n) is 5.23. The number of ether oxygens (including phenoxy) is 2. The van der Waals surface area contributed by atoms with Crippen LogP contribution < -0.4 is 9.46 Å². The number of likely N-dealkylation sites (N-methyl/N-ethyl adjacent to an activating group) is 1. The van der Waals surface area contributed by atoms with Gasteiger partial charge in [-0.1, -0.05) is 17.7 Å². The summed E-state index contributed by atoms with van der Waals surface area (Å²) in [4.78, 5) is 14.2. The number of hydrogen-bond acceptors (Lipinski definition) is 5. The molecule has 0 bridgehead atoms. The minimum Gasteiger partial charge on any atom is -0.492 e. The summed E-state index contributed by atoms with van der Waals surface area (Å²) in [5.74, 6) is 0.432. The second kappa shape index (κ2) is 10.7. The summed E-state index contributed by atoms with van der Waals surface area (Å²) in [6.45, 7) is 5.46. The Morgan fingerprint density at radius 3 is 2.59 bits per heavy atom. The van der Waals surface area contributed by atoms with Gasteiger partial charge in [0.15, 0.2) is 0 Å². The van der Waals surface area contributed by atoms with E-state index in [9.17, 15) is 13.2 Å². The van der Waals surface area contributed by atoms with Crippen molar-refractivity contribution in [2.45, 2.75) is 37.7 Å². The molecule has 1 aliphatic heterocycles. The molecule has 7 nitrogen and oxygen atoms in total. The van der Waals surface area contributed by atoms with Crippen molar-refractivity contribution >= 4 is 27.5 Å². The predicted molar refractivity (Wildman–Crippen MR) is 124 cm³/mol. The smallest absolute Gasteiger partial charge is 0.253 e. The van der Waals surface area contributed by atoms with Crippen molar-refractivity contribution in [1.29, 1.82) is 0 Å². The van der Waals surface area contributed by atoms with Crippen LogP contribution >= 0.6 is 11.6 Å². The van der Waals surface area contributed by atoms with Crippen LogP contribution in [0.3, 0.4) is 0 Å². The molecule has 0 spiro atoms. The zero-order valence-electron chi connectivity index (χ0n) is 18.6. The first-order valence-corrected chi connectivity index (χ1v) is 12.4. The fourth-order valence-corrected chi connectivity index (χ4v) is 5.16. The van der Waals surface area contributed by atoms with Crippen LogP contribution in [0.2, 0.25) is 5.02 Å². The van der Waals surface area contributed by atoms with Crippen molar-refractivity contribution in [3.05, 3.63) is 58.1 Å². The van der Waals surface area contributed by atoms with Crippen LogP contribution in [0.4, 0.5) is 0 Å². The molecule has 1 atom stereocenters. The number of amides is 1. The van der Waals surface area contributed by atoms with Crippen molar-refractivity contribution in [3.8, 4) is 5.75 Å². The summed E-state index contributed by atoms with van der Waals surface area (Å²) >= 11 is 6.14. The molecule has 2 aromatic rings. The minimum absolute atomic E-state index is 0.0576. The van der Waals surface area contributed by atoms with Gasteiger partial charge in [0.2, 0.25) is 10.0 Å². The number of carbonyl (C=O) groups is 1. The zero-order valence-corrected chi connectivity index (χ0v) is 20.1. The number of hydrogen-bond donors (Lipinski definition) is 1. The molecule has 1 amide bonds. The van der Waals surface area contributed by atoms with Gasteiger partial charge in [0.1, 0.15) is 17.3 Å². The third-order valence-corrected chi connectivity index (χ3v) is 7.14. The molecule has 3 rings (SSSR count). The standard InChI is InChI=1S/C23H29ClN2O5S/c1-16-11-17(2)13-20(12-16)31-10-8-26(3)23(27)18-6-7-21(24)22(14-18)32(28,29)25-15-19-5-4-9-30-19/h6-7,11-14,19,25H,4-5,8-10,15H2,1-3H3. The summed E-state index contributed by atoms with van der Waals surface area (Å²) in [5, 5.41) is 0.0576. The van der Waals surface area contributed by atoms with E-state index in [0.717, 1.165) is 29.7 Å². The molecule has 0 aliphatic carbocycles. The molecule has 1 heterocycles. The zero-order chi connectivity index (χ0) is 23.3. The van der Waals surface area contributed by atoms with Gasteiger partial charge in [-0.15, -0.1) is 0 Å². The summed E-state index contributed by atoms with van der Waals surface area (Å²) in [5.41, 5.74) is 2.45. The molecule has 0 saturated carbocycles. The lowest BCUT2D eigenvalue weighted by Crippen LogP contribution is -2.33. The molecule has 0 aromatic heterocycles. The van der Waals surface area contributed by atoms with E-state index >= 15 is 0 Å². The maximum Gasteiger partial charge on any atom is 0.253 e. The predicted octanol–water partition coefficient (Wildman–Crippen LogP) is 3.57. The Morgan fingerprint density at radius 2 is 1.94 bits per heavy atom. The average Bonchev–Trinajstić information content (AvgIpc) is 3.25. The quantitative estimate of drug-likeness (QED) is 0.593. The topological polar surface area (TPSA) is 84.9 Å². The highest BCUT2D eigenvalue weighted by Gasteiger charge is 2.24. The molecular formula is C23H29ClN2O5S. The normalized spacial score (nSPS) is 16.2. The van der Waals surface area contributed by atoms with Gasteiger partial charge in [-0.2, -0.15) is 0 Å². The lowest BCUT2D eigenvalue weighted by atomic mass is 10.1. The summed E-state index contributed by atoms with van der Waals surface area (Å²) in [6.07, 6.45) is 1.58. The third kappa shape index (κ3) is 6.45. The molecule has 1 unspecified atom stereocenters. The first-order valence-electron chi connectivity index (χ1n) is 10.5. The SMILES string of the molecule is Cc1cc(C)cc(OCCN(C)C(=O)c2ccc(Cl)c(S(=O)(=O)NCC3CCCO3)c2)c1. The van der Waals surface area contributed by atoms with E-state index in [1.54, 1.807) is 7.05 Å². The molecule has 2 aromatic carbocycles. The molecule has 1 aliphatic rings. The maximum atomic E-state index is 12.8. The van der Waals surface area contributed by atoms with Crippen molar-refractivity contribution in [2.24, 2.45) is 0 Å². The van der Waals surface area contributed by atoms with Gasteiger partial charge in [-0.25, -0.2) is 13.1 Å². The number of halogens is 1. The molecule has 0 radical (unpaired) electrons. The van der Waals surface area contributed by atoms with E-state index in [0.29, 0.717) is 19.8 Å². The van der Waals surface area contributed by atoms with E-state index in [1.165, 1.54) is 23.1 Å². The molecule has 1 fully saturated rings. The van der Waals surface area contributed by atoms with Crippen LogP contribution in [0, 0.1) is 13.8 Å². The molecule has 1 N–H and O–H groups in total. The second-order valence-corrected chi connectivity index (χ2v) is 10.2. The van der Waals surface area contributed by atoms with Crippen molar-refractivity contribution in [3.63, 3.8) is 0 Å². The van der Waals surface area contributed by atoms with Crippen LogP contribution in [-0.2, 0) is 14.8 Å². The number of carbonyl (C=O) groups excluding carboxylic acids is 1. The van der Waals surface area contributed by atoms with E-state index in [-0.39, 0.29) is 34.0 Å². The molecule has 32 heavy (non-hydrogen) atoms. The molecule has 1 saturated heterocycles. The summed E-state index contributed by atoms with van der Waals surface area (Å²) < 4.78 is 39.2. The van der Waals surface area contributed by atoms with Crippen LogP contribution in [0.1, 0.15) is 34.3 Å². The van der Waals surface area contributed by atoms with Gasteiger partial charge in [0, 0.05) is 25.8 Å². The number of sulfonamides is 1. The minimum atomic E-state index is -3.88. The number of nitrogens with zero attached hydrogens (tertiary/aromatic N) is 1. The largest absolute Gasteiger partial charge is 0.492 e. The number of benzene rings is 2. The van der Waals surface area contributed by atoms with Crippen LogP contribution in [0.25, 0.3) is 0 Å². The molecule has 174 valence electrons. The van der Waals surface area contributed by atoms with Crippen molar-refractivity contribution in [1.82, 2.24) is 9.62 Å². The van der Waals surface area contributed by atoms with E-state index in [1.807, 2.05) is 26.0 Å². The molecule has 9 heteroatoms. The second-order valence-electron chi connectivity index (χ2n) is 8.03. The Morgan fingerprint density at radius 1 is 1.22 bits per heavy atom. The fraction of sp³-hybridized carbons (Fsp3) is 0.435. The van der Waals surface area contributed by atoms with Gasteiger partial charge in [-0.3, -0.25) is 4.79 Å². The monoisotopic (exact) mass is 480 g/mol. The Balaban J connectivity index is 1.62. The van der Waals surface area contributed by atoms with Gasteiger partial charge >= 0.3 is 0 Å². The molecular weight excluding hydrogens is 452 g/mol. The first kappa shape index (κ1) is 24.5. The van der Waals surface area contributed by atoms with Crippen LogP contribution in [0.15, 0.2) is 41.3 Å². The highest BCUT2D eigenvalue weighted by Crippen LogP contribution is 2.24. The lowest BCUT2D eigenvalue weighted by molar-refractivity contribution is 0.0773. The maximum absolute atomic E-state index is 12.8. The summed E-state index contributed by atoms with van der Waals surface area (Å²) in [7, 11) is -2.23. The highest BCUT2D eigenvalue weighted by atomic mass is 35.5. The van der Waals surface area contributed by atoms with Crippen molar-refractivity contribution < 1.29 is 22.7 Å². The van der Waals surface area contributed by atoms with Crippen molar-refractivity contribution in [2.75, 3.05) is 33.4 Å². The van der Waals surface area contributed by atoms with E-state index in [2.05, 4.69) is 10.8 Å². The Bertz CT molecular complexity index is 1050. The number of rotatable bonds is 9. The van der Waals surface area contributed by atoms with Gasteiger partial charge in [-0.05, 0) is 68.1 Å². The number of nitrogens with one attached hydrogen (secondary N) is 1. The fourth-order valence-electron chi connectivity index (χ4n) is 3.57. The van der Waals surface area contributed by atoms with E-state index < -0.39 is 10.0 Å². The summed E-state index contributed by atoms with van der Waals surface area (Å²) in [6, 6.07) is 10.2. The van der Waals surface area contributed by atoms with Crippen LogP contribution in [0.5, 0.6) is 5.75 Å². The highest BCUT2D eigenvalue weighted by molar-refractivity contribution is 7.89. The lowest BCUT2D eigenvalue weighted by Gasteiger charge is -2.19.